The molecular weight excluding hydrogens is 286 g/mol. The first-order valence-electron chi connectivity index (χ1n) is 5.62. The molecule has 0 aromatic carbocycles. The monoisotopic (exact) mass is 306 g/mol. The third-order valence-corrected chi connectivity index (χ3v) is 3.07. The fraction of sp³-hybridized carbons (Fsp3) is 1.00. The third-order valence-electron chi connectivity index (χ3n) is 2.05. The van der Waals surface area contributed by atoms with Gasteiger partial charge in [-0.3, -0.25) is 9.05 Å². The summed E-state index contributed by atoms with van der Waals surface area (Å²) >= 11 is 0. The molecule has 8 nitrogen and oxygen atoms in total. The summed E-state index contributed by atoms with van der Waals surface area (Å²) in [4.78, 5) is 34.3. The number of hydrogen-bond acceptors (Lipinski definition) is 4. The second kappa shape index (κ2) is 8.40. The molecule has 0 aromatic rings. The van der Waals surface area contributed by atoms with Crippen molar-refractivity contribution in [1.29, 1.82) is 0 Å². The maximum absolute atomic E-state index is 10.6. The summed E-state index contributed by atoms with van der Waals surface area (Å²) in [5.74, 6) is 0. The lowest BCUT2D eigenvalue weighted by Gasteiger charge is -2.18. The van der Waals surface area contributed by atoms with Gasteiger partial charge in [0.2, 0.25) is 0 Å². The molecule has 0 heterocycles. The SMILES string of the molecule is CCCCCCCC(OP(=O)(O)O)OP(=O)(O)O. The van der Waals surface area contributed by atoms with Crippen LogP contribution in [0.15, 0.2) is 0 Å². The van der Waals surface area contributed by atoms with Crippen LogP contribution in [-0.4, -0.2) is 25.9 Å². The van der Waals surface area contributed by atoms with E-state index in [0.717, 1.165) is 25.7 Å². The molecule has 110 valence electrons. The van der Waals surface area contributed by atoms with E-state index in [1.165, 1.54) is 0 Å². The lowest BCUT2D eigenvalue weighted by molar-refractivity contribution is -0.0391. The molecule has 0 rings (SSSR count). The molecule has 0 amide bonds. The number of unbranched alkanes of at least 4 members (excludes halogenated alkanes) is 4. The van der Waals surface area contributed by atoms with Crippen LogP contribution in [0, 0.1) is 0 Å². The van der Waals surface area contributed by atoms with Gasteiger partial charge in [-0.2, -0.15) is 0 Å². The Bertz CT molecular complexity index is 284. The number of hydrogen-bond donors (Lipinski definition) is 4. The van der Waals surface area contributed by atoms with Crippen LogP contribution in [0.25, 0.3) is 0 Å². The van der Waals surface area contributed by atoms with Gasteiger partial charge in [-0.1, -0.05) is 32.6 Å². The average Bonchev–Trinajstić information content (AvgIpc) is 2.12. The highest BCUT2D eigenvalue weighted by molar-refractivity contribution is 7.47. The highest BCUT2D eigenvalue weighted by Gasteiger charge is 2.28. The number of phosphoric ester groups is 2. The van der Waals surface area contributed by atoms with E-state index in [-0.39, 0.29) is 6.42 Å². The Balaban J connectivity index is 4.14. The Morgan fingerprint density at radius 1 is 0.889 bits per heavy atom. The number of phosphoric acid groups is 2. The fourth-order valence-electron chi connectivity index (χ4n) is 1.35. The average molecular weight is 306 g/mol. The van der Waals surface area contributed by atoms with Crippen LogP contribution in [-0.2, 0) is 18.2 Å². The van der Waals surface area contributed by atoms with E-state index in [9.17, 15) is 9.13 Å². The molecular formula is C8H20O8P2. The summed E-state index contributed by atoms with van der Waals surface area (Å²) in [7, 11) is -9.68. The van der Waals surface area contributed by atoms with Crippen LogP contribution in [0.2, 0.25) is 0 Å². The Kier molecular flexibility index (Phi) is 8.51. The summed E-state index contributed by atoms with van der Waals surface area (Å²) < 4.78 is 29.5. The van der Waals surface area contributed by atoms with Crippen molar-refractivity contribution in [2.45, 2.75) is 51.7 Å². The predicted octanol–water partition coefficient (Wildman–Crippen LogP) is 1.89. The second-order valence-electron chi connectivity index (χ2n) is 3.82. The molecule has 0 aliphatic carbocycles. The molecule has 4 N–H and O–H groups in total. The van der Waals surface area contributed by atoms with Crippen molar-refractivity contribution in [2.24, 2.45) is 0 Å². The fourth-order valence-corrected chi connectivity index (χ4v) is 2.32. The van der Waals surface area contributed by atoms with E-state index >= 15 is 0 Å². The zero-order chi connectivity index (χ0) is 14.2. The van der Waals surface area contributed by atoms with Crippen molar-refractivity contribution in [1.82, 2.24) is 0 Å². The van der Waals surface area contributed by atoms with E-state index < -0.39 is 21.9 Å². The summed E-state index contributed by atoms with van der Waals surface area (Å²) in [6.45, 7) is 2.04. The normalized spacial score (nSPS) is 13.2. The summed E-state index contributed by atoms with van der Waals surface area (Å²) in [6, 6.07) is 0. The minimum Gasteiger partial charge on any atom is -0.303 e. The van der Waals surface area contributed by atoms with Gasteiger partial charge in [0.15, 0.2) is 6.29 Å². The second-order valence-corrected chi connectivity index (χ2v) is 6.21. The molecule has 0 aliphatic heterocycles. The maximum atomic E-state index is 10.6. The standard InChI is InChI=1S/C8H20O8P2/c1-2-3-4-5-6-7-8(15-17(9,10)11)16-18(12,13)14/h8H,2-7H2,1H3,(H2,9,10,11)(H2,12,13,14). The molecule has 0 aromatic heterocycles. The van der Waals surface area contributed by atoms with Crippen LogP contribution >= 0.6 is 15.6 Å². The summed E-state index contributed by atoms with van der Waals surface area (Å²) in [5, 5.41) is 0. The van der Waals surface area contributed by atoms with Gasteiger partial charge in [0.1, 0.15) is 0 Å². The van der Waals surface area contributed by atoms with Crippen molar-refractivity contribution in [3.63, 3.8) is 0 Å². The molecule has 18 heavy (non-hydrogen) atoms. The molecule has 10 heteroatoms. The molecule has 0 saturated heterocycles. The van der Waals surface area contributed by atoms with Crippen LogP contribution in [0.5, 0.6) is 0 Å². The molecule has 0 saturated carbocycles. The minimum absolute atomic E-state index is 0.0138. The Labute approximate surface area is 106 Å². The predicted molar refractivity (Wildman–Crippen MR) is 63.4 cm³/mol. The molecule has 0 bridgehead atoms. The molecule has 0 atom stereocenters. The van der Waals surface area contributed by atoms with Gasteiger partial charge >= 0.3 is 15.6 Å². The Morgan fingerprint density at radius 2 is 1.33 bits per heavy atom. The Morgan fingerprint density at radius 3 is 1.72 bits per heavy atom. The van der Waals surface area contributed by atoms with E-state index in [1.54, 1.807) is 0 Å². The van der Waals surface area contributed by atoms with E-state index in [2.05, 4.69) is 9.05 Å². The van der Waals surface area contributed by atoms with Gasteiger partial charge in [-0.05, 0) is 12.8 Å². The smallest absolute Gasteiger partial charge is 0.303 e. The first kappa shape index (κ1) is 18.2. The van der Waals surface area contributed by atoms with Gasteiger partial charge in [0, 0.05) is 0 Å². The van der Waals surface area contributed by atoms with Gasteiger partial charge < -0.3 is 19.6 Å². The molecule has 0 fully saturated rings. The molecule has 0 radical (unpaired) electrons. The van der Waals surface area contributed by atoms with E-state index in [4.69, 9.17) is 19.6 Å². The first-order valence-corrected chi connectivity index (χ1v) is 8.68. The summed E-state index contributed by atoms with van der Waals surface area (Å²) in [6.07, 6.45) is 2.71. The maximum Gasteiger partial charge on any atom is 0.471 e. The number of rotatable bonds is 10. The van der Waals surface area contributed by atoms with Crippen molar-refractivity contribution in [3.05, 3.63) is 0 Å². The van der Waals surface area contributed by atoms with Crippen LogP contribution in [0.4, 0.5) is 0 Å². The minimum atomic E-state index is -4.84. The summed E-state index contributed by atoms with van der Waals surface area (Å²) in [5.41, 5.74) is 0. The highest BCUT2D eigenvalue weighted by Crippen LogP contribution is 2.45. The van der Waals surface area contributed by atoms with Crippen LogP contribution in [0.1, 0.15) is 45.4 Å². The van der Waals surface area contributed by atoms with Crippen molar-refractivity contribution >= 4 is 15.6 Å². The van der Waals surface area contributed by atoms with Crippen LogP contribution < -0.4 is 0 Å². The lowest BCUT2D eigenvalue weighted by atomic mass is 10.1. The molecule has 0 aliphatic rings. The topological polar surface area (TPSA) is 134 Å². The molecule has 0 unspecified atom stereocenters. The van der Waals surface area contributed by atoms with Crippen molar-refractivity contribution in [2.75, 3.05) is 0 Å². The lowest BCUT2D eigenvalue weighted by Crippen LogP contribution is -2.14. The van der Waals surface area contributed by atoms with Crippen molar-refractivity contribution in [3.8, 4) is 0 Å². The van der Waals surface area contributed by atoms with Gasteiger partial charge in [0.05, 0.1) is 0 Å². The van der Waals surface area contributed by atoms with Crippen LogP contribution in [0.3, 0.4) is 0 Å². The van der Waals surface area contributed by atoms with Gasteiger partial charge in [0.25, 0.3) is 0 Å². The molecule has 0 spiro atoms. The van der Waals surface area contributed by atoms with Gasteiger partial charge in [-0.25, -0.2) is 9.13 Å². The van der Waals surface area contributed by atoms with E-state index in [1.807, 2.05) is 6.92 Å². The van der Waals surface area contributed by atoms with E-state index in [0.29, 0.717) is 6.42 Å². The quantitative estimate of drug-likeness (QED) is 0.273. The largest absolute Gasteiger partial charge is 0.471 e. The third kappa shape index (κ3) is 12.7. The Hall–Kier alpha value is 0.220. The zero-order valence-corrected chi connectivity index (χ0v) is 11.9. The zero-order valence-electron chi connectivity index (χ0n) is 10.1. The first-order chi connectivity index (χ1) is 8.14. The van der Waals surface area contributed by atoms with Crippen molar-refractivity contribution < 1.29 is 37.8 Å². The highest BCUT2D eigenvalue weighted by atomic mass is 31.2. The van der Waals surface area contributed by atoms with Gasteiger partial charge in [-0.15, -0.1) is 0 Å².